The maximum atomic E-state index is 9.93. The summed E-state index contributed by atoms with van der Waals surface area (Å²) in [5, 5.41) is 9.93. The first kappa shape index (κ1) is 14.6. The highest BCUT2D eigenvalue weighted by molar-refractivity contribution is 5.56. The van der Waals surface area contributed by atoms with Gasteiger partial charge >= 0.3 is 0 Å². The van der Waals surface area contributed by atoms with Gasteiger partial charge in [0.2, 0.25) is 0 Å². The monoisotopic (exact) mass is 250 g/mol. The van der Waals surface area contributed by atoms with Crippen LogP contribution in [0.3, 0.4) is 0 Å². The smallest absolute Gasteiger partial charge is 0.161 e. The third-order valence-electron chi connectivity index (χ3n) is 2.77. The summed E-state index contributed by atoms with van der Waals surface area (Å²) in [5.41, 5.74) is 0.809. The van der Waals surface area contributed by atoms with Crippen molar-refractivity contribution in [3.8, 4) is 11.5 Å². The second-order valence-electron chi connectivity index (χ2n) is 5.28. The van der Waals surface area contributed by atoms with E-state index in [1.165, 1.54) is 0 Å². The molecule has 0 aliphatic carbocycles. The lowest BCUT2D eigenvalue weighted by molar-refractivity contribution is 0.106. The summed E-state index contributed by atoms with van der Waals surface area (Å²) in [5.74, 6) is 1.39. The van der Waals surface area contributed by atoms with Crippen molar-refractivity contribution in [1.82, 2.24) is 0 Å². The van der Waals surface area contributed by atoms with Crippen molar-refractivity contribution < 1.29 is 14.6 Å². The summed E-state index contributed by atoms with van der Waals surface area (Å²) in [7, 11) is 3.21. The molecule has 0 saturated heterocycles. The van der Waals surface area contributed by atoms with E-state index in [-0.39, 0.29) is 5.41 Å². The summed E-state index contributed by atoms with van der Waals surface area (Å²) >= 11 is 0. The van der Waals surface area contributed by atoms with Gasteiger partial charge in [-0.25, -0.2) is 0 Å². The first-order valence-electron chi connectivity index (χ1n) is 5.96. The minimum absolute atomic E-state index is 0.160. The Balaban J connectivity index is 2.89. The second-order valence-corrected chi connectivity index (χ2v) is 5.28. The van der Waals surface area contributed by atoms with E-state index in [4.69, 9.17) is 9.47 Å². The Morgan fingerprint density at radius 3 is 2.22 bits per heavy atom. The minimum Gasteiger partial charge on any atom is -0.493 e. The van der Waals surface area contributed by atoms with Gasteiger partial charge in [0.25, 0.3) is 0 Å². The fourth-order valence-electron chi connectivity index (χ4n) is 1.45. The van der Waals surface area contributed by atoms with Crippen LogP contribution in [-0.4, -0.2) is 25.4 Å². The SMILES string of the molecule is COc1ccc(/C=C/C(O)C(C)(C)C)cc1OC. The van der Waals surface area contributed by atoms with Gasteiger partial charge in [-0.3, -0.25) is 0 Å². The zero-order chi connectivity index (χ0) is 13.8. The molecule has 0 radical (unpaired) electrons. The third kappa shape index (κ3) is 3.77. The molecule has 0 aromatic heterocycles. The highest BCUT2D eigenvalue weighted by atomic mass is 16.5. The first-order chi connectivity index (χ1) is 8.38. The topological polar surface area (TPSA) is 38.7 Å². The molecule has 100 valence electrons. The van der Waals surface area contributed by atoms with Gasteiger partial charge in [-0.05, 0) is 23.1 Å². The zero-order valence-electron chi connectivity index (χ0n) is 11.7. The van der Waals surface area contributed by atoms with Gasteiger partial charge in [0, 0.05) is 0 Å². The molecule has 1 aromatic rings. The van der Waals surface area contributed by atoms with Crippen LogP contribution in [-0.2, 0) is 0 Å². The van der Waals surface area contributed by atoms with Crippen molar-refractivity contribution in [2.75, 3.05) is 14.2 Å². The standard InChI is InChI=1S/C15H22O3/c1-15(2,3)14(16)9-7-11-6-8-12(17-4)13(10-11)18-5/h6-10,14,16H,1-5H3/b9-7+. The highest BCUT2D eigenvalue weighted by Crippen LogP contribution is 2.28. The number of benzene rings is 1. The molecule has 0 saturated carbocycles. The van der Waals surface area contributed by atoms with Crippen LogP contribution in [0.4, 0.5) is 0 Å². The van der Waals surface area contributed by atoms with Crippen molar-refractivity contribution in [1.29, 1.82) is 0 Å². The lowest BCUT2D eigenvalue weighted by atomic mass is 9.89. The van der Waals surface area contributed by atoms with E-state index in [1.807, 2.05) is 45.0 Å². The van der Waals surface area contributed by atoms with E-state index in [1.54, 1.807) is 20.3 Å². The molecule has 18 heavy (non-hydrogen) atoms. The largest absolute Gasteiger partial charge is 0.493 e. The molecule has 1 unspecified atom stereocenters. The molecular formula is C15H22O3. The number of ether oxygens (including phenoxy) is 2. The Morgan fingerprint density at radius 2 is 1.72 bits per heavy atom. The highest BCUT2D eigenvalue weighted by Gasteiger charge is 2.18. The van der Waals surface area contributed by atoms with Crippen LogP contribution in [0.2, 0.25) is 0 Å². The van der Waals surface area contributed by atoms with Gasteiger partial charge in [-0.1, -0.05) is 39.0 Å². The van der Waals surface area contributed by atoms with Gasteiger partial charge in [-0.15, -0.1) is 0 Å². The van der Waals surface area contributed by atoms with E-state index < -0.39 is 6.10 Å². The summed E-state index contributed by atoms with van der Waals surface area (Å²) < 4.78 is 10.4. The molecule has 0 amide bonds. The average molecular weight is 250 g/mol. The number of rotatable bonds is 4. The van der Waals surface area contributed by atoms with Crippen LogP contribution in [0.1, 0.15) is 26.3 Å². The molecule has 1 atom stereocenters. The van der Waals surface area contributed by atoms with Crippen LogP contribution in [0.25, 0.3) is 6.08 Å². The average Bonchev–Trinajstić information content (AvgIpc) is 2.34. The van der Waals surface area contributed by atoms with Crippen LogP contribution in [0.15, 0.2) is 24.3 Å². The van der Waals surface area contributed by atoms with E-state index in [2.05, 4.69) is 0 Å². The van der Waals surface area contributed by atoms with Crippen molar-refractivity contribution in [3.05, 3.63) is 29.8 Å². The van der Waals surface area contributed by atoms with Gasteiger partial charge in [0.05, 0.1) is 20.3 Å². The van der Waals surface area contributed by atoms with Crippen molar-refractivity contribution >= 4 is 6.08 Å². The molecule has 3 heteroatoms. The van der Waals surface area contributed by atoms with E-state index in [9.17, 15) is 5.11 Å². The molecule has 1 aromatic carbocycles. The molecule has 0 heterocycles. The maximum Gasteiger partial charge on any atom is 0.161 e. The molecule has 1 rings (SSSR count). The first-order valence-corrected chi connectivity index (χ1v) is 5.96. The predicted octanol–water partition coefficient (Wildman–Crippen LogP) is 3.12. The van der Waals surface area contributed by atoms with E-state index in [0.717, 1.165) is 5.56 Å². The molecule has 0 aliphatic heterocycles. The predicted molar refractivity (Wildman–Crippen MR) is 74.0 cm³/mol. The lowest BCUT2D eigenvalue weighted by Crippen LogP contribution is -2.23. The second kappa shape index (κ2) is 5.91. The lowest BCUT2D eigenvalue weighted by Gasteiger charge is -2.22. The number of methoxy groups -OCH3 is 2. The van der Waals surface area contributed by atoms with Crippen LogP contribution < -0.4 is 9.47 Å². The number of hydrogen-bond acceptors (Lipinski definition) is 3. The fraction of sp³-hybridized carbons (Fsp3) is 0.467. The van der Waals surface area contributed by atoms with Gasteiger partial charge in [0.15, 0.2) is 11.5 Å². The molecule has 3 nitrogen and oxygen atoms in total. The Labute approximate surface area is 109 Å². The summed E-state index contributed by atoms with van der Waals surface area (Å²) in [4.78, 5) is 0. The molecule has 0 bridgehead atoms. The van der Waals surface area contributed by atoms with Crippen molar-refractivity contribution in [2.24, 2.45) is 5.41 Å². The van der Waals surface area contributed by atoms with E-state index >= 15 is 0 Å². The fourth-order valence-corrected chi connectivity index (χ4v) is 1.45. The van der Waals surface area contributed by atoms with Gasteiger partial charge in [0.1, 0.15) is 0 Å². The Hall–Kier alpha value is -1.48. The van der Waals surface area contributed by atoms with Crippen molar-refractivity contribution in [3.63, 3.8) is 0 Å². The third-order valence-corrected chi connectivity index (χ3v) is 2.77. The molecular weight excluding hydrogens is 228 g/mol. The molecule has 1 N–H and O–H groups in total. The minimum atomic E-state index is -0.481. The molecule has 0 aliphatic rings. The summed E-state index contributed by atoms with van der Waals surface area (Å²) in [6.45, 7) is 5.99. The number of aliphatic hydroxyl groups excluding tert-OH is 1. The Bertz CT molecular complexity index is 416. The normalized spacial score (nSPS) is 13.7. The number of aliphatic hydroxyl groups is 1. The van der Waals surface area contributed by atoms with Crippen LogP contribution >= 0.6 is 0 Å². The van der Waals surface area contributed by atoms with Gasteiger partial charge in [-0.2, -0.15) is 0 Å². The van der Waals surface area contributed by atoms with E-state index in [0.29, 0.717) is 11.5 Å². The van der Waals surface area contributed by atoms with Crippen LogP contribution in [0, 0.1) is 5.41 Å². The zero-order valence-corrected chi connectivity index (χ0v) is 11.7. The van der Waals surface area contributed by atoms with Crippen LogP contribution in [0.5, 0.6) is 11.5 Å². The number of hydrogen-bond donors (Lipinski definition) is 1. The summed E-state index contributed by atoms with van der Waals surface area (Å²) in [6, 6.07) is 5.65. The van der Waals surface area contributed by atoms with Crippen molar-refractivity contribution in [2.45, 2.75) is 26.9 Å². The Morgan fingerprint density at radius 1 is 1.11 bits per heavy atom. The molecule has 0 spiro atoms. The quantitative estimate of drug-likeness (QED) is 0.892. The Kier molecular flexibility index (Phi) is 4.79. The molecule has 0 fully saturated rings. The maximum absolute atomic E-state index is 9.93. The van der Waals surface area contributed by atoms with Gasteiger partial charge < -0.3 is 14.6 Å². The summed E-state index contributed by atoms with van der Waals surface area (Å²) in [6.07, 6.45) is 3.20.